The molecule has 0 rings (SSSR count). The van der Waals surface area contributed by atoms with Gasteiger partial charge in [-0.15, -0.1) is 0 Å². The molecule has 0 amide bonds. The molecule has 0 radical (unpaired) electrons. The van der Waals surface area contributed by atoms with E-state index >= 15 is 0 Å². The van der Waals surface area contributed by atoms with Gasteiger partial charge in [-0.1, -0.05) is 170 Å². The van der Waals surface area contributed by atoms with Crippen molar-refractivity contribution in [2.24, 2.45) is 0 Å². The van der Waals surface area contributed by atoms with E-state index in [1.165, 1.54) is 96.3 Å². The van der Waals surface area contributed by atoms with E-state index in [2.05, 4.69) is 86.8 Å². The normalized spacial score (nSPS) is 14.3. The molecule has 0 saturated carbocycles. The van der Waals surface area contributed by atoms with E-state index in [-0.39, 0.29) is 25.8 Å². The zero-order chi connectivity index (χ0) is 44.8. The SMILES string of the molecule is CCCCC/C=C\C/C=C\C/C=C\CCCCCCCCCOCC(COP(=O)(O)OCC[N+](C)(C)C)OC(=O)CCCCCCCC/C=C\C/C=C\C/C=C\CCCCC. The van der Waals surface area contributed by atoms with Crippen LogP contribution in [0.2, 0.25) is 0 Å². The highest BCUT2D eigenvalue weighted by atomic mass is 31.2. The average Bonchev–Trinajstić information content (AvgIpc) is 3.22. The largest absolute Gasteiger partial charge is 0.472 e. The van der Waals surface area contributed by atoms with Gasteiger partial charge in [-0.05, 0) is 89.9 Å². The smallest absolute Gasteiger partial charge is 0.457 e. The van der Waals surface area contributed by atoms with Crippen molar-refractivity contribution in [3.05, 3.63) is 72.9 Å². The van der Waals surface area contributed by atoms with E-state index in [9.17, 15) is 14.3 Å². The van der Waals surface area contributed by atoms with Crippen molar-refractivity contribution < 1.29 is 37.3 Å². The van der Waals surface area contributed by atoms with Crippen LogP contribution in [-0.4, -0.2) is 75.6 Å². The summed E-state index contributed by atoms with van der Waals surface area (Å²) < 4.78 is 35.1. The Balaban J connectivity index is 4.24. The first-order valence-electron chi connectivity index (χ1n) is 24.7. The van der Waals surface area contributed by atoms with E-state index in [1.54, 1.807) is 0 Å². The van der Waals surface area contributed by atoms with Crippen molar-refractivity contribution in [1.82, 2.24) is 0 Å². The maximum absolute atomic E-state index is 12.7. The Labute approximate surface area is 376 Å². The van der Waals surface area contributed by atoms with Crippen molar-refractivity contribution in [1.29, 1.82) is 0 Å². The summed E-state index contributed by atoms with van der Waals surface area (Å²) in [7, 11) is 1.64. The molecule has 1 N–H and O–H groups in total. The second-order valence-electron chi connectivity index (χ2n) is 17.5. The summed E-state index contributed by atoms with van der Waals surface area (Å²) in [4.78, 5) is 23.0. The van der Waals surface area contributed by atoms with Crippen LogP contribution in [0.5, 0.6) is 0 Å². The monoisotopic (exact) mass is 877 g/mol. The van der Waals surface area contributed by atoms with Crippen molar-refractivity contribution in [2.45, 2.75) is 200 Å². The van der Waals surface area contributed by atoms with Gasteiger partial charge in [0.2, 0.25) is 0 Å². The highest BCUT2D eigenvalue weighted by molar-refractivity contribution is 7.47. The van der Waals surface area contributed by atoms with Gasteiger partial charge in [0.15, 0.2) is 0 Å². The second-order valence-corrected chi connectivity index (χ2v) is 18.9. The maximum atomic E-state index is 12.7. The quantitative estimate of drug-likeness (QED) is 0.0214. The molecule has 0 aliphatic heterocycles. The molecule has 0 heterocycles. The van der Waals surface area contributed by atoms with Crippen LogP contribution >= 0.6 is 7.82 Å². The van der Waals surface area contributed by atoms with Gasteiger partial charge in [0.1, 0.15) is 19.3 Å². The van der Waals surface area contributed by atoms with E-state index in [0.717, 1.165) is 77.0 Å². The van der Waals surface area contributed by atoms with Crippen LogP contribution in [0.4, 0.5) is 0 Å². The number of rotatable bonds is 45. The third kappa shape index (κ3) is 48.8. The molecule has 0 spiro atoms. The minimum atomic E-state index is -4.29. The van der Waals surface area contributed by atoms with Crippen molar-refractivity contribution in [2.75, 3.05) is 54.1 Å². The van der Waals surface area contributed by atoms with Crippen molar-refractivity contribution >= 4 is 13.8 Å². The topological polar surface area (TPSA) is 91.3 Å². The molecule has 0 aromatic carbocycles. The van der Waals surface area contributed by atoms with Crippen LogP contribution in [0.25, 0.3) is 0 Å². The molecule has 0 aliphatic rings. The summed E-state index contributed by atoms with van der Waals surface area (Å²) in [6, 6.07) is 0. The lowest BCUT2D eigenvalue weighted by Gasteiger charge is -2.24. The first-order chi connectivity index (χ1) is 29.6. The zero-order valence-electron chi connectivity index (χ0n) is 40.1. The molecule has 8 nitrogen and oxygen atoms in total. The van der Waals surface area contributed by atoms with Crippen LogP contribution in [-0.2, 0) is 27.9 Å². The summed E-state index contributed by atoms with van der Waals surface area (Å²) in [6.07, 6.45) is 57.9. The number of likely N-dealkylation sites (N-methyl/N-ethyl adjacent to an activating group) is 1. The fourth-order valence-electron chi connectivity index (χ4n) is 6.39. The number of unbranched alkanes of at least 4 members (excludes halogenated alkanes) is 19. The van der Waals surface area contributed by atoms with E-state index in [4.69, 9.17) is 18.5 Å². The maximum Gasteiger partial charge on any atom is 0.472 e. The van der Waals surface area contributed by atoms with Crippen LogP contribution in [0.15, 0.2) is 72.9 Å². The predicted molar refractivity (Wildman–Crippen MR) is 261 cm³/mol. The summed E-state index contributed by atoms with van der Waals surface area (Å²) in [6.45, 7) is 5.52. The highest BCUT2D eigenvalue weighted by Crippen LogP contribution is 2.43. The predicted octanol–water partition coefficient (Wildman–Crippen LogP) is 15.1. The zero-order valence-corrected chi connectivity index (χ0v) is 41.0. The third-order valence-corrected chi connectivity index (χ3v) is 11.2. The van der Waals surface area contributed by atoms with E-state index in [1.807, 2.05) is 21.1 Å². The first kappa shape index (κ1) is 58.9. The Kier molecular flexibility index (Phi) is 43.0. The molecule has 354 valence electrons. The van der Waals surface area contributed by atoms with Gasteiger partial charge in [-0.3, -0.25) is 13.8 Å². The van der Waals surface area contributed by atoms with Crippen LogP contribution in [0, 0.1) is 0 Å². The molecule has 0 fully saturated rings. The lowest BCUT2D eigenvalue weighted by atomic mass is 10.1. The van der Waals surface area contributed by atoms with Gasteiger partial charge in [-0.2, -0.15) is 0 Å². The highest BCUT2D eigenvalue weighted by Gasteiger charge is 2.26. The molecule has 0 bridgehead atoms. The Bertz CT molecular complexity index is 1200. The number of nitrogens with zero attached hydrogens (tertiary/aromatic N) is 1. The number of carbonyl (C=O) groups excluding carboxylic acids is 1. The fraction of sp³-hybridized carbons (Fsp3) is 0.750. The fourth-order valence-corrected chi connectivity index (χ4v) is 7.13. The van der Waals surface area contributed by atoms with Gasteiger partial charge in [0, 0.05) is 13.0 Å². The third-order valence-electron chi connectivity index (χ3n) is 10.2. The molecule has 9 heteroatoms. The number of carbonyl (C=O) groups is 1. The standard InChI is InChI=1S/C52H94NO7P/c1-6-8-10-12-14-16-18-20-22-24-26-28-30-32-34-36-38-40-42-44-47-57-49-51(50-59-61(55,56)58-48-46-53(3,4)5)60-52(54)45-43-41-39-37-35-33-31-29-27-25-23-21-19-17-15-13-11-9-7-2/h14-17,20-23,26-29,51H,6-13,18-19,24-25,30-50H2,1-5H3/p+1/b16-14-,17-15-,22-20-,23-21-,28-26-,29-27-. The molecular formula is C52H95NO7P+. The number of allylic oxidation sites excluding steroid dienone is 12. The molecular weight excluding hydrogens is 782 g/mol. The molecule has 0 aliphatic carbocycles. The molecule has 2 unspecified atom stereocenters. The van der Waals surface area contributed by atoms with Gasteiger partial charge >= 0.3 is 13.8 Å². The summed E-state index contributed by atoms with van der Waals surface area (Å²) in [5.41, 5.74) is 0. The Morgan fingerprint density at radius 3 is 1.34 bits per heavy atom. The Morgan fingerprint density at radius 2 is 0.902 bits per heavy atom. The lowest BCUT2D eigenvalue weighted by molar-refractivity contribution is -0.870. The number of hydrogen-bond acceptors (Lipinski definition) is 6. The lowest BCUT2D eigenvalue weighted by Crippen LogP contribution is -2.37. The number of phosphoric acid groups is 1. The molecule has 61 heavy (non-hydrogen) atoms. The van der Waals surface area contributed by atoms with Crippen LogP contribution in [0.1, 0.15) is 194 Å². The van der Waals surface area contributed by atoms with Gasteiger partial charge in [0.05, 0.1) is 34.4 Å². The molecule has 0 aromatic heterocycles. The first-order valence-corrected chi connectivity index (χ1v) is 26.2. The summed E-state index contributed by atoms with van der Waals surface area (Å²) in [5.74, 6) is -0.332. The number of phosphoric ester groups is 1. The minimum absolute atomic E-state index is 0.0801. The molecule has 2 atom stereocenters. The number of quaternary nitrogens is 1. The summed E-state index contributed by atoms with van der Waals surface area (Å²) >= 11 is 0. The number of ether oxygens (including phenoxy) is 2. The minimum Gasteiger partial charge on any atom is -0.457 e. The Morgan fingerprint density at radius 1 is 0.508 bits per heavy atom. The average molecular weight is 877 g/mol. The summed E-state index contributed by atoms with van der Waals surface area (Å²) in [5, 5.41) is 0. The molecule has 0 saturated heterocycles. The molecule has 0 aromatic rings. The van der Waals surface area contributed by atoms with Gasteiger partial charge in [-0.25, -0.2) is 4.57 Å². The van der Waals surface area contributed by atoms with Gasteiger partial charge < -0.3 is 18.9 Å². The van der Waals surface area contributed by atoms with E-state index < -0.39 is 13.9 Å². The van der Waals surface area contributed by atoms with Crippen molar-refractivity contribution in [3.63, 3.8) is 0 Å². The van der Waals surface area contributed by atoms with Crippen molar-refractivity contribution in [3.8, 4) is 0 Å². The van der Waals surface area contributed by atoms with Crippen LogP contribution in [0.3, 0.4) is 0 Å². The second kappa shape index (κ2) is 44.5. The van der Waals surface area contributed by atoms with E-state index in [0.29, 0.717) is 24.1 Å². The Hall–Kier alpha value is -2.06. The van der Waals surface area contributed by atoms with Gasteiger partial charge in [0.25, 0.3) is 0 Å². The number of hydrogen-bond donors (Lipinski definition) is 1. The number of esters is 1. The van der Waals surface area contributed by atoms with Crippen LogP contribution < -0.4 is 0 Å².